The van der Waals surface area contributed by atoms with Crippen LogP contribution >= 0.6 is 15.9 Å². The van der Waals surface area contributed by atoms with Gasteiger partial charge in [-0.1, -0.05) is 15.9 Å². The molecule has 0 saturated heterocycles. The molecule has 3 aromatic carbocycles. The Hall–Kier alpha value is -3.72. The number of carbonyl (C=O) groups excluding carboxylic acids is 2. The van der Waals surface area contributed by atoms with Gasteiger partial charge in [0.1, 0.15) is 13.2 Å². The molecule has 0 aliphatic carbocycles. The Kier molecular flexibility index (Phi) is 5.68. The molecule has 4 rings (SSSR count). The van der Waals surface area contributed by atoms with Gasteiger partial charge in [0.15, 0.2) is 17.3 Å². The highest BCUT2D eigenvalue weighted by molar-refractivity contribution is 9.10. The third kappa shape index (κ3) is 4.41. The summed E-state index contributed by atoms with van der Waals surface area (Å²) in [4.78, 5) is 36.2. The fraction of sp³-hybridized carbons (Fsp3) is 0.0909. The Balaban J connectivity index is 1.69. The van der Waals surface area contributed by atoms with Crippen molar-refractivity contribution in [1.82, 2.24) is 0 Å². The van der Waals surface area contributed by atoms with E-state index in [0.29, 0.717) is 30.3 Å². The maximum absolute atomic E-state index is 13.2. The predicted octanol–water partition coefficient (Wildman–Crippen LogP) is 4.61. The first-order chi connectivity index (χ1) is 14.9. The minimum absolute atomic E-state index is 0.123. The minimum Gasteiger partial charge on any atom is -0.486 e. The zero-order chi connectivity index (χ0) is 22.0. The van der Waals surface area contributed by atoms with Gasteiger partial charge in [0.05, 0.1) is 16.2 Å². The standard InChI is InChI=1S/C22H15BrN2O6/c23-15-5-1-13(2-6-15)21(26)17-11-19-20(31-10-9-30-19)12-18(17)24-22(27)14-3-7-16(8-4-14)25(28)29/h1-8,11-12H,9-10H2,(H,24,27). The zero-order valence-corrected chi connectivity index (χ0v) is 17.5. The third-order valence-electron chi connectivity index (χ3n) is 4.62. The maximum atomic E-state index is 13.2. The lowest BCUT2D eigenvalue weighted by Gasteiger charge is -2.21. The molecule has 0 atom stereocenters. The summed E-state index contributed by atoms with van der Waals surface area (Å²) < 4.78 is 12.0. The van der Waals surface area contributed by atoms with Gasteiger partial charge >= 0.3 is 0 Å². The molecular formula is C22H15BrN2O6. The van der Waals surface area contributed by atoms with Gasteiger partial charge in [0.25, 0.3) is 11.6 Å². The minimum atomic E-state index is -0.544. The molecule has 1 heterocycles. The van der Waals surface area contributed by atoms with Crippen LogP contribution in [0.1, 0.15) is 26.3 Å². The number of halogens is 1. The number of nitrogens with one attached hydrogen (secondary N) is 1. The molecule has 31 heavy (non-hydrogen) atoms. The molecular weight excluding hydrogens is 468 g/mol. The number of amides is 1. The van der Waals surface area contributed by atoms with E-state index in [1.54, 1.807) is 36.4 Å². The number of ketones is 1. The number of rotatable bonds is 5. The van der Waals surface area contributed by atoms with E-state index < -0.39 is 10.8 Å². The molecule has 9 heteroatoms. The lowest BCUT2D eigenvalue weighted by atomic mass is 10.0. The van der Waals surface area contributed by atoms with Crippen LogP contribution in [0.25, 0.3) is 0 Å². The number of carbonyl (C=O) groups is 2. The molecule has 1 aliphatic rings. The van der Waals surface area contributed by atoms with Crippen LogP contribution in [0.5, 0.6) is 11.5 Å². The molecule has 1 aliphatic heterocycles. The smallest absolute Gasteiger partial charge is 0.269 e. The molecule has 0 unspecified atom stereocenters. The van der Waals surface area contributed by atoms with Crippen LogP contribution in [0.4, 0.5) is 11.4 Å². The molecule has 0 radical (unpaired) electrons. The Morgan fingerprint density at radius 3 is 2.10 bits per heavy atom. The Morgan fingerprint density at radius 2 is 1.48 bits per heavy atom. The highest BCUT2D eigenvalue weighted by Crippen LogP contribution is 2.37. The molecule has 0 spiro atoms. The Morgan fingerprint density at radius 1 is 0.903 bits per heavy atom. The number of non-ortho nitro benzene ring substituents is 1. The number of anilines is 1. The highest BCUT2D eigenvalue weighted by Gasteiger charge is 2.22. The number of hydrogen-bond donors (Lipinski definition) is 1. The maximum Gasteiger partial charge on any atom is 0.269 e. The SMILES string of the molecule is O=C(Nc1cc2c(cc1C(=O)c1ccc(Br)cc1)OCCO2)c1ccc([N+](=O)[O-])cc1. The largest absolute Gasteiger partial charge is 0.486 e. The van der Waals surface area contributed by atoms with Gasteiger partial charge in [-0.25, -0.2) is 0 Å². The first kappa shape index (κ1) is 20.5. The van der Waals surface area contributed by atoms with Crippen molar-refractivity contribution >= 4 is 39.0 Å². The van der Waals surface area contributed by atoms with Gasteiger partial charge in [-0.05, 0) is 42.5 Å². The van der Waals surface area contributed by atoms with Crippen LogP contribution in [0.3, 0.4) is 0 Å². The van der Waals surface area contributed by atoms with Crippen LogP contribution in [-0.2, 0) is 0 Å². The van der Waals surface area contributed by atoms with Gasteiger partial charge in [0.2, 0.25) is 0 Å². The average molecular weight is 483 g/mol. The van der Waals surface area contributed by atoms with E-state index in [4.69, 9.17) is 9.47 Å². The molecule has 1 amide bonds. The third-order valence-corrected chi connectivity index (χ3v) is 5.15. The predicted molar refractivity (Wildman–Crippen MR) is 116 cm³/mol. The van der Waals surface area contributed by atoms with Gasteiger partial charge in [0, 0.05) is 33.8 Å². The topological polar surface area (TPSA) is 108 Å². The van der Waals surface area contributed by atoms with Crippen LogP contribution in [-0.4, -0.2) is 29.8 Å². The molecule has 1 N–H and O–H groups in total. The van der Waals surface area contributed by atoms with Crippen molar-refractivity contribution < 1.29 is 24.0 Å². The Bertz CT molecular complexity index is 1180. The second-order valence-electron chi connectivity index (χ2n) is 6.64. The van der Waals surface area contributed by atoms with Gasteiger partial charge < -0.3 is 14.8 Å². The number of benzene rings is 3. The first-order valence-corrected chi connectivity index (χ1v) is 10.0. The van der Waals surface area contributed by atoms with E-state index in [2.05, 4.69) is 21.2 Å². The molecule has 0 bridgehead atoms. The van der Waals surface area contributed by atoms with Crippen molar-refractivity contribution in [2.45, 2.75) is 0 Å². The summed E-state index contributed by atoms with van der Waals surface area (Å²) in [5.41, 5.74) is 1.01. The molecule has 3 aromatic rings. The summed E-state index contributed by atoms with van der Waals surface area (Å²) in [6, 6.07) is 15.1. The molecule has 156 valence electrons. The average Bonchev–Trinajstić information content (AvgIpc) is 2.78. The fourth-order valence-electron chi connectivity index (χ4n) is 3.07. The number of nitro benzene ring substituents is 1. The monoisotopic (exact) mass is 482 g/mol. The van der Waals surface area contributed by atoms with Crippen molar-refractivity contribution in [3.8, 4) is 11.5 Å². The fourth-order valence-corrected chi connectivity index (χ4v) is 3.33. The second kappa shape index (κ2) is 8.57. The summed E-state index contributed by atoms with van der Waals surface area (Å²) in [6.45, 7) is 0.705. The summed E-state index contributed by atoms with van der Waals surface area (Å²) in [5, 5.41) is 13.5. The van der Waals surface area contributed by atoms with Crippen LogP contribution in [0.2, 0.25) is 0 Å². The van der Waals surface area contributed by atoms with Crippen LogP contribution in [0.15, 0.2) is 65.1 Å². The van der Waals surface area contributed by atoms with E-state index in [0.717, 1.165) is 4.47 Å². The van der Waals surface area contributed by atoms with Gasteiger partial charge in [-0.3, -0.25) is 19.7 Å². The van der Waals surface area contributed by atoms with Crippen molar-refractivity contribution in [1.29, 1.82) is 0 Å². The van der Waals surface area contributed by atoms with Crippen LogP contribution in [0, 0.1) is 10.1 Å². The quantitative estimate of drug-likeness (QED) is 0.323. The molecule has 8 nitrogen and oxygen atoms in total. The Labute approximate surface area is 185 Å². The number of fused-ring (bicyclic) bond motifs is 1. The molecule has 0 saturated carbocycles. The summed E-state index contributed by atoms with van der Waals surface area (Å²) >= 11 is 3.34. The lowest BCUT2D eigenvalue weighted by molar-refractivity contribution is -0.384. The lowest BCUT2D eigenvalue weighted by Crippen LogP contribution is -2.19. The van der Waals surface area contributed by atoms with Crippen molar-refractivity contribution in [2.24, 2.45) is 0 Å². The zero-order valence-electron chi connectivity index (χ0n) is 16.0. The van der Waals surface area contributed by atoms with E-state index in [-0.39, 0.29) is 28.3 Å². The van der Waals surface area contributed by atoms with E-state index >= 15 is 0 Å². The summed E-state index contributed by atoms with van der Waals surface area (Å²) in [7, 11) is 0. The van der Waals surface area contributed by atoms with Crippen molar-refractivity contribution in [3.05, 3.63) is 91.9 Å². The van der Waals surface area contributed by atoms with Gasteiger partial charge in [-0.15, -0.1) is 0 Å². The number of nitro groups is 1. The molecule has 0 aromatic heterocycles. The van der Waals surface area contributed by atoms with E-state index in [1.807, 2.05) is 0 Å². The van der Waals surface area contributed by atoms with Gasteiger partial charge in [-0.2, -0.15) is 0 Å². The number of ether oxygens (including phenoxy) is 2. The highest BCUT2D eigenvalue weighted by atomic mass is 79.9. The first-order valence-electron chi connectivity index (χ1n) is 9.22. The second-order valence-corrected chi connectivity index (χ2v) is 7.55. The number of nitrogens with zero attached hydrogens (tertiary/aromatic N) is 1. The summed E-state index contributed by atoms with van der Waals surface area (Å²) in [6.07, 6.45) is 0. The van der Waals surface area contributed by atoms with E-state index in [9.17, 15) is 19.7 Å². The normalized spacial score (nSPS) is 12.2. The van der Waals surface area contributed by atoms with Crippen molar-refractivity contribution in [2.75, 3.05) is 18.5 Å². The van der Waals surface area contributed by atoms with Crippen LogP contribution < -0.4 is 14.8 Å². The molecule has 0 fully saturated rings. The van der Waals surface area contributed by atoms with E-state index in [1.165, 1.54) is 24.3 Å². The van der Waals surface area contributed by atoms with Crippen molar-refractivity contribution in [3.63, 3.8) is 0 Å². The number of hydrogen-bond acceptors (Lipinski definition) is 6. The summed E-state index contributed by atoms with van der Waals surface area (Å²) in [5.74, 6) is 0.0116.